The summed E-state index contributed by atoms with van der Waals surface area (Å²) in [7, 11) is 10.4. The summed E-state index contributed by atoms with van der Waals surface area (Å²) >= 11 is 0. The molecular formula is C115H101N15O2. The number of para-hydroxylation sites is 8. The molecule has 0 aliphatic carbocycles. The zero-order valence-corrected chi connectivity index (χ0v) is 76.9. The van der Waals surface area contributed by atoms with E-state index in [1.165, 1.54) is 61.3 Å². The molecule has 0 fully saturated rings. The molecule has 15 aromatic carbocycles. The van der Waals surface area contributed by atoms with Gasteiger partial charge in [-0.2, -0.15) is 0 Å². The van der Waals surface area contributed by atoms with Crippen molar-refractivity contribution in [2.24, 2.45) is 0 Å². The summed E-state index contributed by atoms with van der Waals surface area (Å²) in [6.07, 6.45) is 0.645. The number of nitrogens with zero attached hydrogens (tertiary/aromatic N) is 15. The molecule has 0 amide bonds. The molecule has 0 saturated heterocycles. The van der Waals surface area contributed by atoms with Crippen LogP contribution in [0.2, 0.25) is 0 Å². The predicted molar refractivity (Wildman–Crippen MR) is 550 cm³/mol. The second kappa shape index (κ2) is 35.5. The van der Waals surface area contributed by atoms with Crippen molar-refractivity contribution in [1.29, 1.82) is 0 Å². The second-order valence-corrected chi connectivity index (χ2v) is 34.4. The van der Waals surface area contributed by atoms with Gasteiger partial charge in [-0.3, -0.25) is 0 Å². The highest BCUT2D eigenvalue weighted by Crippen LogP contribution is 2.58. The number of furan rings is 2. The van der Waals surface area contributed by atoms with Crippen LogP contribution in [0.1, 0.15) is 62.4 Å². The highest BCUT2D eigenvalue weighted by molar-refractivity contribution is 6.12. The summed E-state index contributed by atoms with van der Waals surface area (Å²) in [5, 5.41) is 4.49. The standard InChI is InChI=1S/2C23H19N3O.3C23H21N3/c1-14-12-17-16-8-5-6-11-21(16)27-22(17)13-20(14)26-15(2)25(4)19-10-7-9-18(24-3)23(19)26;1-14-12-13-17-16-8-5-6-11-20(16)27-23(17)21(14)26-15(2)25(4)19-10-7-9-18(24-3)22(19)26;1-16-10-8-13-19(18-11-6-5-7-12-18)22(16)26-17(2)25(4)21-15-9-14-20(24-3)23(21)26;1-16-15-19(18-9-6-5-7-10-18)13-14-21(16)26-17(2)25(4)22-12-8-11-20(24-3)23(22)26;1-16-13-14-19(18-9-6-5-7-10-18)15-22(16)26-17(2)25(4)21-12-8-11-20(24-3)23(21)26/h2*5-13,15H,1-2,4H3;3*5-15,17H,1-2,4H3/t2*15-;3*17-/m00000/s1. The number of hydrogen-bond acceptors (Lipinski definition) is 12. The molecule has 0 saturated carbocycles. The Bertz CT molecular complexity index is 7570. The van der Waals surface area contributed by atoms with Gasteiger partial charge in [0.15, 0.2) is 5.58 Å². The minimum Gasteiger partial charge on any atom is -0.456 e. The summed E-state index contributed by atoms with van der Waals surface area (Å²) in [5.74, 6) is 0. The molecule has 0 N–H and O–H groups in total. The number of hydrogen-bond donors (Lipinski definition) is 0. The molecule has 17 heteroatoms. The SMILES string of the molecule is [C-]#[N+]c1cccc2c1N(c1c(C)ccc3c1oc1ccccc13)[C@@H](C)N2C.[C-]#[N+]c1cccc2c1N(c1c(C)cccc1-c1ccccc1)[C@@H](C)N2C.[C-]#[N+]c1cccc2c1N(c1cc(-c3ccccc3)ccc1C)[C@@H](C)N2C.[C-]#[N+]c1cccc2c1N(c1cc3oc4ccccc4c3cc1C)[C@@H](C)N2C.[C-]#[N+]c1cccc2c1N(c1ccc(-c3ccccc3)cc1C)[C@@H](C)N2C. The molecule has 17 nitrogen and oxygen atoms in total. The molecule has 0 spiro atoms. The topological polar surface area (TPSA) is 80.5 Å². The third kappa shape index (κ3) is 14.9. The van der Waals surface area contributed by atoms with E-state index in [1.807, 2.05) is 115 Å². The Morgan fingerprint density at radius 1 is 0.220 bits per heavy atom. The van der Waals surface area contributed by atoms with Gasteiger partial charge in [0.25, 0.3) is 0 Å². The normalized spacial score (nSPS) is 15.9. The monoisotopic (exact) mass is 1720 g/mol. The fourth-order valence-corrected chi connectivity index (χ4v) is 19.6. The van der Waals surface area contributed by atoms with Gasteiger partial charge in [-0.1, -0.05) is 237 Å². The van der Waals surface area contributed by atoms with Crippen molar-refractivity contribution in [3.05, 3.63) is 394 Å². The van der Waals surface area contributed by atoms with E-state index in [9.17, 15) is 0 Å². The minimum absolute atomic E-state index is 0.0837. The average molecular weight is 1730 g/mol. The van der Waals surface area contributed by atoms with Crippen LogP contribution in [0.5, 0.6) is 0 Å². The molecule has 0 bridgehead atoms. The maximum absolute atomic E-state index is 7.66. The first-order chi connectivity index (χ1) is 64.1. The Balaban J connectivity index is 0.000000111. The van der Waals surface area contributed by atoms with Crippen molar-refractivity contribution in [3.8, 4) is 33.4 Å². The molecule has 0 unspecified atom stereocenters. The molecule has 5 aliphatic rings. The number of rotatable bonds is 8. The average Bonchev–Trinajstić information content (AvgIpc) is 1.52. The Labute approximate surface area is 773 Å². The largest absolute Gasteiger partial charge is 0.456 e. The van der Waals surface area contributed by atoms with E-state index in [-0.39, 0.29) is 30.8 Å². The van der Waals surface area contributed by atoms with Crippen LogP contribution in [0.3, 0.4) is 0 Å². The fourth-order valence-electron chi connectivity index (χ4n) is 19.6. The van der Waals surface area contributed by atoms with Gasteiger partial charge in [0.05, 0.1) is 101 Å². The van der Waals surface area contributed by atoms with E-state index in [2.05, 4.69) is 372 Å². The van der Waals surface area contributed by atoms with Crippen LogP contribution in [0.15, 0.2) is 318 Å². The lowest BCUT2D eigenvalue weighted by molar-refractivity contribution is 0.661. The summed E-state index contributed by atoms with van der Waals surface area (Å²) in [6.45, 7) is 59.6. The van der Waals surface area contributed by atoms with Gasteiger partial charge in [0.2, 0.25) is 28.4 Å². The van der Waals surface area contributed by atoms with Crippen molar-refractivity contribution in [1.82, 2.24) is 0 Å². The van der Waals surface area contributed by atoms with E-state index in [4.69, 9.17) is 41.7 Å². The molecule has 7 heterocycles. The minimum atomic E-state index is 0.0837. The van der Waals surface area contributed by atoms with Crippen LogP contribution in [-0.4, -0.2) is 66.1 Å². The first-order valence-electron chi connectivity index (χ1n) is 44.5. The lowest BCUT2D eigenvalue weighted by Gasteiger charge is -2.31. The maximum atomic E-state index is 7.66. The van der Waals surface area contributed by atoms with Crippen LogP contribution in [-0.2, 0) is 0 Å². The summed E-state index contributed by atoms with van der Waals surface area (Å²) in [6, 6.07) is 105. The zero-order chi connectivity index (χ0) is 92.2. The van der Waals surface area contributed by atoms with Crippen LogP contribution < -0.4 is 49.0 Å². The highest BCUT2D eigenvalue weighted by atomic mass is 16.3. The third-order valence-electron chi connectivity index (χ3n) is 27.0. The molecule has 0 radical (unpaired) electrons. The van der Waals surface area contributed by atoms with E-state index in [1.54, 1.807) is 0 Å². The summed E-state index contributed by atoms with van der Waals surface area (Å²) < 4.78 is 12.4. The third-order valence-corrected chi connectivity index (χ3v) is 27.0. The molecule has 5 aliphatic heterocycles. The van der Waals surface area contributed by atoms with Gasteiger partial charge >= 0.3 is 0 Å². The van der Waals surface area contributed by atoms with E-state index < -0.39 is 0 Å². The van der Waals surface area contributed by atoms with Gasteiger partial charge in [-0.15, -0.1) is 0 Å². The smallest absolute Gasteiger partial charge is 0.212 e. The number of fused-ring (bicyclic) bond motifs is 11. The molecule has 5 atom stereocenters. The zero-order valence-electron chi connectivity index (χ0n) is 76.9. The first kappa shape index (κ1) is 86.1. The van der Waals surface area contributed by atoms with E-state index in [0.717, 1.165) is 129 Å². The van der Waals surface area contributed by atoms with Crippen molar-refractivity contribution in [2.75, 3.05) is 84.2 Å². The molecule has 648 valence electrons. The quantitative estimate of drug-likeness (QED) is 0.136. The molecular weight excluding hydrogens is 1620 g/mol. The molecule has 17 aromatic rings. The van der Waals surface area contributed by atoms with Crippen molar-refractivity contribution in [3.63, 3.8) is 0 Å². The van der Waals surface area contributed by atoms with Gasteiger partial charge < -0.3 is 57.8 Å². The van der Waals surface area contributed by atoms with E-state index >= 15 is 0 Å². The molecule has 132 heavy (non-hydrogen) atoms. The Morgan fingerprint density at radius 3 is 1.01 bits per heavy atom. The second-order valence-electron chi connectivity index (χ2n) is 34.4. The van der Waals surface area contributed by atoms with Crippen molar-refractivity contribution >= 4 is 158 Å². The predicted octanol–water partition coefficient (Wildman–Crippen LogP) is 31.2. The number of benzene rings is 15. The number of aryl methyl sites for hydroxylation is 5. The fraction of sp³-hybridized carbons (Fsp3) is 0.174. The van der Waals surface area contributed by atoms with Crippen LogP contribution >= 0.6 is 0 Å². The van der Waals surface area contributed by atoms with Crippen LogP contribution in [0.25, 0.3) is 101 Å². The van der Waals surface area contributed by atoms with Crippen LogP contribution in [0, 0.1) is 67.5 Å². The number of anilines is 15. The van der Waals surface area contributed by atoms with Gasteiger partial charge in [-0.05, 0) is 192 Å². The lowest BCUT2D eigenvalue weighted by atomic mass is 9.99. The van der Waals surface area contributed by atoms with Gasteiger partial charge in [0.1, 0.15) is 47.6 Å². The molecule has 22 rings (SSSR count). The van der Waals surface area contributed by atoms with Crippen molar-refractivity contribution < 1.29 is 8.83 Å². The maximum Gasteiger partial charge on any atom is 0.212 e. The van der Waals surface area contributed by atoms with E-state index in [0.29, 0.717) is 28.4 Å². The lowest BCUT2D eigenvalue weighted by Crippen LogP contribution is -2.36. The van der Waals surface area contributed by atoms with Gasteiger partial charge in [-0.25, -0.2) is 24.2 Å². The van der Waals surface area contributed by atoms with Crippen LogP contribution in [0.4, 0.5) is 114 Å². The Morgan fingerprint density at radius 2 is 0.561 bits per heavy atom. The Hall–Kier alpha value is -16.7. The van der Waals surface area contributed by atoms with Crippen molar-refractivity contribution in [2.45, 2.75) is 100 Å². The highest BCUT2D eigenvalue weighted by Gasteiger charge is 2.41. The summed E-state index contributed by atoms with van der Waals surface area (Å²) in [4.78, 5) is 41.4. The summed E-state index contributed by atoms with van der Waals surface area (Å²) in [5.41, 5.74) is 36.1. The van der Waals surface area contributed by atoms with Gasteiger partial charge in [0, 0.05) is 85.5 Å². The Kier molecular flexibility index (Phi) is 23.2. The first-order valence-corrected chi connectivity index (χ1v) is 44.5. The molecule has 2 aromatic heterocycles.